The number of halogens is 2. The van der Waals surface area contributed by atoms with E-state index in [2.05, 4.69) is 9.97 Å². The minimum absolute atomic E-state index is 0.179. The normalized spacial score (nSPS) is 17.2. The number of sulfone groups is 1. The van der Waals surface area contributed by atoms with Crippen LogP contribution in [-0.4, -0.2) is 54.1 Å². The summed E-state index contributed by atoms with van der Waals surface area (Å²) in [5.74, 6) is -4.23. The van der Waals surface area contributed by atoms with Gasteiger partial charge in [-0.1, -0.05) is 12.1 Å². The van der Waals surface area contributed by atoms with Gasteiger partial charge < -0.3 is 9.64 Å². The van der Waals surface area contributed by atoms with Crippen LogP contribution in [0.25, 0.3) is 0 Å². The molecule has 1 saturated heterocycles. The summed E-state index contributed by atoms with van der Waals surface area (Å²) in [4.78, 5) is 21.9. The lowest BCUT2D eigenvalue weighted by molar-refractivity contribution is 0.0765. The number of carbonyl (C=O) groups is 1. The first-order chi connectivity index (χ1) is 13.2. The van der Waals surface area contributed by atoms with E-state index >= 15 is 0 Å². The highest BCUT2D eigenvalue weighted by Gasteiger charge is 2.34. The van der Waals surface area contributed by atoms with E-state index in [9.17, 15) is 22.0 Å². The largest absolute Gasteiger partial charge is 0.458 e. The Balaban J connectivity index is 1.77. The fraction of sp³-hybridized carbons (Fsp3) is 0.389. The summed E-state index contributed by atoms with van der Waals surface area (Å²) in [5.41, 5.74) is 1.23. The van der Waals surface area contributed by atoms with Crippen LogP contribution in [0.5, 0.6) is 6.01 Å². The Kier molecular flexibility index (Phi) is 5.59. The number of aromatic nitrogens is 2. The van der Waals surface area contributed by atoms with Crippen molar-refractivity contribution in [2.45, 2.75) is 37.0 Å². The standard InChI is InChI=1S/C18H19F2N3O4S/c1-11-9-12(2)22-18(21-11)27-13-7-8-23(10-13)16(24)14-5-3-4-6-15(14)28(25,26)17(19)20/h3-6,9,13,17H,7-8,10H2,1-2H3/t13-/m0/s1. The van der Waals surface area contributed by atoms with Crippen molar-refractivity contribution < 1.29 is 26.7 Å². The number of rotatable bonds is 5. The molecule has 3 rings (SSSR count). The van der Waals surface area contributed by atoms with E-state index in [1.165, 1.54) is 23.1 Å². The lowest BCUT2D eigenvalue weighted by atomic mass is 10.2. The van der Waals surface area contributed by atoms with Crippen molar-refractivity contribution in [3.05, 3.63) is 47.3 Å². The van der Waals surface area contributed by atoms with Crippen LogP contribution in [0.1, 0.15) is 28.2 Å². The minimum atomic E-state index is -4.89. The van der Waals surface area contributed by atoms with Gasteiger partial charge in [-0.15, -0.1) is 0 Å². The zero-order valence-electron chi connectivity index (χ0n) is 15.3. The summed E-state index contributed by atoms with van der Waals surface area (Å²) in [5, 5.41) is 0. The molecule has 0 radical (unpaired) electrons. The van der Waals surface area contributed by atoms with Crippen molar-refractivity contribution in [2.24, 2.45) is 0 Å². The predicted octanol–water partition coefficient (Wildman–Crippen LogP) is 2.38. The van der Waals surface area contributed by atoms with E-state index in [0.717, 1.165) is 17.5 Å². The minimum Gasteiger partial charge on any atom is -0.458 e. The number of ether oxygens (including phenoxy) is 1. The fourth-order valence-electron chi connectivity index (χ4n) is 3.06. The Morgan fingerprint density at radius 2 is 1.86 bits per heavy atom. The fourth-order valence-corrected chi connectivity index (χ4v) is 3.98. The predicted molar refractivity (Wildman–Crippen MR) is 96.1 cm³/mol. The quantitative estimate of drug-likeness (QED) is 0.751. The van der Waals surface area contributed by atoms with Crippen LogP contribution < -0.4 is 4.74 Å². The topological polar surface area (TPSA) is 89.5 Å². The Morgan fingerprint density at radius 1 is 1.21 bits per heavy atom. The van der Waals surface area contributed by atoms with E-state index < -0.39 is 26.4 Å². The second-order valence-electron chi connectivity index (χ2n) is 6.51. The number of aryl methyl sites for hydroxylation is 2. The van der Waals surface area contributed by atoms with Crippen LogP contribution >= 0.6 is 0 Å². The molecular formula is C18H19F2N3O4S. The molecule has 0 N–H and O–H groups in total. The summed E-state index contributed by atoms with van der Waals surface area (Å²) >= 11 is 0. The molecule has 0 saturated carbocycles. The molecule has 0 unspecified atom stereocenters. The number of hydrogen-bond donors (Lipinski definition) is 0. The van der Waals surface area contributed by atoms with Gasteiger partial charge in [0.1, 0.15) is 6.10 Å². The Bertz CT molecular complexity index is 978. The molecule has 0 bridgehead atoms. The van der Waals surface area contributed by atoms with Gasteiger partial charge in [0.15, 0.2) is 0 Å². The van der Waals surface area contributed by atoms with Gasteiger partial charge in [0, 0.05) is 24.4 Å². The molecule has 1 aromatic heterocycles. The van der Waals surface area contributed by atoms with Gasteiger partial charge in [-0.3, -0.25) is 4.79 Å². The molecule has 2 heterocycles. The first-order valence-corrected chi connectivity index (χ1v) is 10.1. The second-order valence-corrected chi connectivity index (χ2v) is 8.40. The van der Waals surface area contributed by atoms with E-state index in [1.807, 2.05) is 13.8 Å². The molecule has 1 aliphatic heterocycles. The average Bonchev–Trinajstić information content (AvgIpc) is 3.08. The van der Waals surface area contributed by atoms with Gasteiger partial charge in [-0.25, -0.2) is 18.4 Å². The number of carbonyl (C=O) groups excluding carboxylic acids is 1. The molecule has 1 aromatic carbocycles. The highest BCUT2D eigenvalue weighted by Crippen LogP contribution is 2.25. The van der Waals surface area contributed by atoms with Gasteiger partial charge >= 0.3 is 11.8 Å². The highest BCUT2D eigenvalue weighted by atomic mass is 32.2. The van der Waals surface area contributed by atoms with E-state index in [1.54, 1.807) is 6.07 Å². The maximum atomic E-state index is 12.9. The molecule has 7 nitrogen and oxygen atoms in total. The van der Waals surface area contributed by atoms with E-state index in [0.29, 0.717) is 13.0 Å². The number of likely N-dealkylation sites (tertiary alicyclic amines) is 1. The van der Waals surface area contributed by atoms with Crippen molar-refractivity contribution in [1.82, 2.24) is 14.9 Å². The number of hydrogen-bond acceptors (Lipinski definition) is 6. The van der Waals surface area contributed by atoms with Crippen LogP contribution in [-0.2, 0) is 9.84 Å². The summed E-state index contributed by atoms with van der Waals surface area (Å²) in [6, 6.07) is 7.00. The number of benzene rings is 1. The molecule has 0 aliphatic carbocycles. The third kappa shape index (κ3) is 4.11. The number of alkyl halides is 2. The molecular weight excluding hydrogens is 392 g/mol. The Hall–Kier alpha value is -2.62. The molecule has 1 atom stereocenters. The molecule has 150 valence electrons. The summed E-state index contributed by atoms with van der Waals surface area (Å²) < 4.78 is 55.4. The first kappa shape index (κ1) is 20.1. The van der Waals surface area contributed by atoms with Gasteiger partial charge in [0.25, 0.3) is 5.91 Å². The Labute approximate surface area is 161 Å². The van der Waals surface area contributed by atoms with Crippen molar-refractivity contribution >= 4 is 15.7 Å². The van der Waals surface area contributed by atoms with Crippen molar-refractivity contribution in [3.8, 4) is 6.01 Å². The highest BCUT2D eigenvalue weighted by molar-refractivity contribution is 7.91. The lowest BCUT2D eigenvalue weighted by Crippen LogP contribution is -2.32. The van der Waals surface area contributed by atoms with Gasteiger partial charge in [0.05, 0.1) is 17.0 Å². The summed E-state index contributed by atoms with van der Waals surface area (Å²) in [7, 11) is -4.89. The molecule has 1 aliphatic rings. The van der Waals surface area contributed by atoms with Crippen molar-refractivity contribution in [1.29, 1.82) is 0 Å². The Morgan fingerprint density at radius 3 is 2.50 bits per heavy atom. The zero-order valence-corrected chi connectivity index (χ0v) is 16.1. The van der Waals surface area contributed by atoms with Gasteiger partial charge in [-0.2, -0.15) is 8.78 Å². The van der Waals surface area contributed by atoms with Crippen LogP contribution in [0, 0.1) is 13.8 Å². The average molecular weight is 411 g/mol. The molecule has 1 amide bonds. The van der Waals surface area contributed by atoms with E-state index in [-0.39, 0.29) is 24.2 Å². The van der Waals surface area contributed by atoms with E-state index in [4.69, 9.17) is 4.74 Å². The maximum Gasteiger partial charge on any atom is 0.341 e. The number of nitrogens with zero attached hydrogens (tertiary/aromatic N) is 3. The zero-order chi connectivity index (χ0) is 20.5. The van der Waals surface area contributed by atoms with Gasteiger partial charge in [-0.05, 0) is 32.0 Å². The number of amides is 1. The first-order valence-electron chi connectivity index (χ1n) is 8.58. The van der Waals surface area contributed by atoms with Crippen LogP contribution in [0.2, 0.25) is 0 Å². The molecule has 0 spiro atoms. The molecule has 28 heavy (non-hydrogen) atoms. The molecule has 1 fully saturated rings. The third-order valence-corrected chi connectivity index (χ3v) is 5.76. The summed E-state index contributed by atoms with van der Waals surface area (Å²) in [6.07, 6.45) is 0.121. The van der Waals surface area contributed by atoms with Crippen LogP contribution in [0.3, 0.4) is 0 Å². The van der Waals surface area contributed by atoms with Crippen LogP contribution in [0.15, 0.2) is 35.2 Å². The van der Waals surface area contributed by atoms with Crippen molar-refractivity contribution in [3.63, 3.8) is 0 Å². The second kappa shape index (κ2) is 7.78. The summed E-state index contributed by atoms with van der Waals surface area (Å²) in [6.45, 7) is 4.11. The SMILES string of the molecule is Cc1cc(C)nc(O[C@H]2CCN(C(=O)c3ccccc3S(=O)(=O)C(F)F)C2)n1. The monoisotopic (exact) mass is 411 g/mol. The van der Waals surface area contributed by atoms with Crippen molar-refractivity contribution in [2.75, 3.05) is 13.1 Å². The molecule has 10 heteroatoms. The molecule has 2 aromatic rings. The maximum absolute atomic E-state index is 12.9. The van der Waals surface area contributed by atoms with Crippen LogP contribution in [0.4, 0.5) is 8.78 Å². The third-order valence-electron chi connectivity index (χ3n) is 4.32. The smallest absolute Gasteiger partial charge is 0.341 e. The van der Waals surface area contributed by atoms with Gasteiger partial charge in [0.2, 0.25) is 9.84 Å². The lowest BCUT2D eigenvalue weighted by Gasteiger charge is -2.18.